The summed E-state index contributed by atoms with van der Waals surface area (Å²) in [5, 5.41) is 6.56. The molecule has 116 valence electrons. The molecule has 0 saturated carbocycles. The topological polar surface area (TPSA) is 54.0 Å². The summed E-state index contributed by atoms with van der Waals surface area (Å²) in [6.45, 7) is 6.25. The van der Waals surface area contributed by atoms with E-state index in [0.29, 0.717) is 4.88 Å². The number of hydrogen-bond donors (Lipinski definition) is 2. The van der Waals surface area contributed by atoms with Gasteiger partial charge in [0, 0.05) is 18.2 Å². The van der Waals surface area contributed by atoms with Crippen molar-refractivity contribution in [2.45, 2.75) is 26.3 Å². The van der Waals surface area contributed by atoms with Crippen LogP contribution in [0.1, 0.15) is 29.9 Å². The van der Waals surface area contributed by atoms with Gasteiger partial charge < -0.3 is 10.6 Å². The highest BCUT2D eigenvalue weighted by atomic mass is 32.1. The molecule has 22 heavy (non-hydrogen) atoms. The molecule has 1 atom stereocenters. The van der Waals surface area contributed by atoms with Gasteiger partial charge in [-0.2, -0.15) is 4.37 Å². The van der Waals surface area contributed by atoms with Crippen molar-refractivity contribution in [1.29, 1.82) is 0 Å². The Labute approximate surface area is 135 Å². The van der Waals surface area contributed by atoms with Crippen LogP contribution in [-0.2, 0) is 0 Å². The van der Waals surface area contributed by atoms with Crippen molar-refractivity contribution < 1.29 is 4.79 Å². The predicted molar refractivity (Wildman–Crippen MR) is 90.1 cm³/mol. The summed E-state index contributed by atoms with van der Waals surface area (Å²) in [6.07, 6.45) is 0.961. The Balaban J connectivity index is 1.72. The van der Waals surface area contributed by atoms with Crippen LogP contribution in [0.4, 0.5) is 0 Å². The molecule has 1 fully saturated rings. The molecular formula is C17H21N3OS. The molecule has 0 bridgehead atoms. The molecule has 1 saturated heterocycles. The molecule has 0 spiro atoms. The first-order valence-corrected chi connectivity index (χ1v) is 8.37. The van der Waals surface area contributed by atoms with Crippen molar-refractivity contribution in [2.75, 3.05) is 13.1 Å². The predicted octanol–water partition coefficient (Wildman–Crippen LogP) is 2.93. The number of rotatable bonds is 3. The molecule has 2 N–H and O–H groups in total. The summed E-state index contributed by atoms with van der Waals surface area (Å²) >= 11 is 1.26. The van der Waals surface area contributed by atoms with Gasteiger partial charge in [-0.05, 0) is 36.0 Å². The van der Waals surface area contributed by atoms with E-state index < -0.39 is 0 Å². The molecular weight excluding hydrogens is 294 g/mol. The fraction of sp³-hybridized carbons (Fsp3) is 0.412. The monoisotopic (exact) mass is 315 g/mol. The number of aromatic nitrogens is 1. The van der Waals surface area contributed by atoms with Gasteiger partial charge in [0.2, 0.25) is 0 Å². The van der Waals surface area contributed by atoms with Gasteiger partial charge in [0.25, 0.3) is 5.91 Å². The highest BCUT2D eigenvalue weighted by molar-refractivity contribution is 7.08. The number of hydrogen-bond acceptors (Lipinski definition) is 4. The van der Waals surface area contributed by atoms with Crippen molar-refractivity contribution in [1.82, 2.24) is 15.0 Å². The van der Waals surface area contributed by atoms with Crippen LogP contribution in [0, 0.1) is 5.41 Å². The van der Waals surface area contributed by atoms with Crippen LogP contribution in [0.15, 0.2) is 36.4 Å². The van der Waals surface area contributed by atoms with E-state index in [1.54, 1.807) is 0 Å². The summed E-state index contributed by atoms with van der Waals surface area (Å²) in [5.74, 6) is -0.0142. The highest BCUT2D eigenvalue weighted by Crippen LogP contribution is 2.26. The van der Waals surface area contributed by atoms with E-state index in [9.17, 15) is 4.79 Å². The largest absolute Gasteiger partial charge is 0.348 e. The van der Waals surface area contributed by atoms with Crippen LogP contribution in [0.3, 0.4) is 0 Å². The van der Waals surface area contributed by atoms with Crippen LogP contribution < -0.4 is 10.6 Å². The lowest BCUT2D eigenvalue weighted by Crippen LogP contribution is -2.54. The van der Waals surface area contributed by atoms with Gasteiger partial charge >= 0.3 is 0 Å². The Morgan fingerprint density at radius 3 is 2.86 bits per heavy atom. The zero-order valence-corrected chi connectivity index (χ0v) is 13.7. The maximum absolute atomic E-state index is 12.5. The second-order valence-electron chi connectivity index (χ2n) is 6.42. The highest BCUT2D eigenvalue weighted by Gasteiger charge is 2.33. The SMILES string of the molecule is CC1(C)CNCCC1NC(=O)c1cc(-c2ccccc2)ns1. The van der Waals surface area contributed by atoms with Crippen molar-refractivity contribution in [3.05, 3.63) is 41.3 Å². The van der Waals surface area contributed by atoms with Crippen LogP contribution in [0.25, 0.3) is 11.3 Å². The molecule has 1 unspecified atom stereocenters. The molecule has 1 amide bonds. The van der Waals surface area contributed by atoms with Crippen LogP contribution in [0.5, 0.6) is 0 Å². The summed E-state index contributed by atoms with van der Waals surface area (Å²) < 4.78 is 4.41. The maximum Gasteiger partial charge on any atom is 0.263 e. The van der Waals surface area contributed by atoms with E-state index >= 15 is 0 Å². The summed E-state index contributed by atoms with van der Waals surface area (Å²) in [6, 6.07) is 12.0. The molecule has 4 nitrogen and oxygen atoms in total. The zero-order valence-electron chi connectivity index (χ0n) is 12.9. The number of carbonyl (C=O) groups is 1. The zero-order chi connectivity index (χ0) is 15.6. The van der Waals surface area contributed by atoms with E-state index in [1.807, 2.05) is 36.4 Å². The first-order valence-electron chi connectivity index (χ1n) is 7.60. The summed E-state index contributed by atoms with van der Waals surface area (Å²) in [5.41, 5.74) is 1.97. The lowest BCUT2D eigenvalue weighted by molar-refractivity contribution is 0.0873. The van der Waals surface area contributed by atoms with Gasteiger partial charge in [-0.3, -0.25) is 4.79 Å². The van der Waals surface area contributed by atoms with E-state index in [1.165, 1.54) is 11.5 Å². The molecule has 1 aliphatic rings. The lowest BCUT2D eigenvalue weighted by atomic mass is 9.80. The summed E-state index contributed by atoms with van der Waals surface area (Å²) in [4.78, 5) is 13.2. The van der Waals surface area contributed by atoms with Crippen molar-refractivity contribution in [3.63, 3.8) is 0 Å². The summed E-state index contributed by atoms with van der Waals surface area (Å²) in [7, 11) is 0. The maximum atomic E-state index is 12.5. The Morgan fingerprint density at radius 2 is 2.14 bits per heavy atom. The molecule has 0 aliphatic carbocycles. The van der Waals surface area contributed by atoms with Crippen LogP contribution in [0.2, 0.25) is 0 Å². The third kappa shape index (κ3) is 3.20. The molecule has 1 aliphatic heterocycles. The lowest BCUT2D eigenvalue weighted by Gasteiger charge is -2.39. The number of nitrogens with one attached hydrogen (secondary N) is 2. The normalized spacial score (nSPS) is 20.5. The second-order valence-corrected chi connectivity index (χ2v) is 7.23. The van der Waals surface area contributed by atoms with Crippen LogP contribution in [-0.4, -0.2) is 29.4 Å². The first kappa shape index (κ1) is 15.2. The molecule has 0 radical (unpaired) electrons. The van der Waals surface area contributed by atoms with E-state index in [-0.39, 0.29) is 17.4 Å². The van der Waals surface area contributed by atoms with Gasteiger partial charge in [-0.1, -0.05) is 44.2 Å². The Hall–Kier alpha value is -1.72. The van der Waals surface area contributed by atoms with Crippen LogP contribution >= 0.6 is 11.5 Å². The minimum absolute atomic E-state index is 0.0142. The third-order valence-corrected chi connectivity index (χ3v) is 5.03. The average Bonchev–Trinajstić information content (AvgIpc) is 3.00. The number of nitrogens with zero attached hydrogens (tertiary/aromatic N) is 1. The van der Waals surface area contributed by atoms with Gasteiger partial charge in [0.05, 0.1) is 5.69 Å². The minimum Gasteiger partial charge on any atom is -0.348 e. The van der Waals surface area contributed by atoms with E-state index in [2.05, 4.69) is 28.9 Å². The Bertz CT molecular complexity index is 651. The Kier molecular flexibility index (Phi) is 4.27. The van der Waals surface area contributed by atoms with Gasteiger partial charge in [0.15, 0.2) is 0 Å². The standard InChI is InChI=1S/C17H21N3OS/c1-17(2)11-18-9-8-15(17)19-16(21)14-10-13(20-22-14)12-6-4-3-5-7-12/h3-7,10,15,18H,8-9,11H2,1-2H3,(H,19,21). The first-order chi connectivity index (χ1) is 10.6. The molecule has 1 aromatic carbocycles. The van der Waals surface area contributed by atoms with Gasteiger partial charge in [0.1, 0.15) is 4.88 Å². The number of piperidine rings is 1. The third-order valence-electron chi connectivity index (χ3n) is 4.24. The number of carbonyl (C=O) groups excluding carboxylic acids is 1. The van der Waals surface area contributed by atoms with E-state index in [0.717, 1.165) is 30.8 Å². The number of amides is 1. The quantitative estimate of drug-likeness (QED) is 0.915. The van der Waals surface area contributed by atoms with Gasteiger partial charge in [-0.25, -0.2) is 0 Å². The molecule has 2 aromatic rings. The number of benzene rings is 1. The van der Waals surface area contributed by atoms with Gasteiger partial charge in [-0.15, -0.1) is 0 Å². The average molecular weight is 315 g/mol. The molecule has 2 heterocycles. The smallest absolute Gasteiger partial charge is 0.263 e. The minimum atomic E-state index is -0.0142. The Morgan fingerprint density at radius 1 is 1.36 bits per heavy atom. The molecule has 1 aromatic heterocycles. The second kappa shape index (κ2) is 6.18. The molecule has 5 heteroatoms. The van der Waals surface area contributed by atoms with Crippen molar-refractivity contribution in [2.24, 2.45) is 5.41 Å². The van der Waals surface area contributed by atoms with E-state index in [4.69, 9.17) is 0 Å². The fourth-order valence-electron chi connectivity index (χ4n) is 2.79. The molecule has 3 rings (SSSR count). The van der Waals surface area contributed by atoms with Crippen molar-refractivity contribution >= 4 is 17.4 Å². The van der Waals surface area contributed by atoms with Crippen molar-refractivity contribution in [3.8, 4) is 11.3 Å². The fourth-order valence-corrected chi connectivity index (χ4v) is 3.46.